The van der Waals surface area contributed by atoms with Crippen molar-refractivity contribution in [3.05, 3.63) is 40.7 Å². The minimum Gasteiger partial charge on any atom is -0.503 e. The Morgan fingerprint density at radius 2 is 2.06 bits per heavy atom. The fourth-order valence-electron chi connectivity index (χ4n) is 1.85. The van der Waals surface area contributed by atoms with Crippen LogP contribution < -0.4 is 5.56 Å². The molecule has 0 fully saturated rings. The van der Waals surface area contributed by atoms with Crippen molar-refractivity contribution in [2.75, 3.05) is 0 Å². The van der Waals surface area contributed by atoms with Gasteiger partial charge in [0.15, 0.2) is 5.75 Å². The van der Waals surface area contributed by atoms with Crippen LogP contribution >= 0.6 is 0 Å². The van der Waals surface area contributed by atoms with Crippen molar-refractivity contribution >= 4 is 10.9 Å². The SMILES string of the molecule is CCCCn1c(=O)c(O)cc2ccccc21. The first-order valence-electron chi connectivity index (χ1n) is 5.55. The van der Waals surface area contributed by atoms with Crippen molar-refractivity contribution in [2.45, 2.75) is 26.3 Å². The van der Waals surface area contributed by atoms with Gasteiger partial charge in [-0.2, -0.15) is 0 Å². The number of hydrogen-bond acceptors (Lipinski definition) is 2. The van der Waals surface area contributed by atoms with E-state index >= 15 is 0 Å². The van der Waals surface area contributed by atoms with E-state index in [1.54, 1.807) is 4.57 Å². The average molecular weight is 217 g/mol. The van der Waals surface area contributed by atoms with Crippen molar-refractivity contribution in [2.24, 2.45) is 0 Å². The van der Waals surface area contributed by atoms with Gasteiger partial charge in [0.2, 0.25) is 0 Å². The van der Waals surface area contributed by atoms with E-state index in [1.807, 2.05) is 24.3 Å². The zero-order chi connectivity index (χ0) is 11.5. The molecule has 84 valence electrons. The van der Waals surface area contributed by atoms with Gasteiger partial charge >= 0.3 is 0 Å². The number of benzene rings is 1. The van der Waals surface area contributed by atoms with Crippen LogP contribution in [0.4, 0.5) is 0 Å². The lowest BCUT2D eigenvalue weighted by atomic mass is 10.2. The molecule has 1 aromatic carbocycles. The molecule has 0 atom stereocenters. The van der Waals surface area contributed by atoms with Crippen LogP contribution in [-0.2, 0) is 6.54 Å². The van der Waals surface area contributed by atoms with Crippen molar-refractivity contribution < 1.29 is 5.11 Å². The highest BCUT2D eigenvalue weighted by Gasteiger charge is 2.06. The molecule has 2 rings (SSSR count). The zero-order valence-electron chi connectivity index (χ0n) is 9.31. The van der Waals surface area contributed by atoms with Gasteiger partial charge in [0.05, 0.1) is 5.52 Å². The van der Waals surface area contributed by atoms with Crippen LogP contribution in [0.5, 0.6) is 5.75 Å². The molecule has 0 bridgehead atoms. The Kier molecular flexibility index (Phi) is 2.95. The van der Waals surface area contributed by atoms with Crippen molar-refractivity contribution in [3.8, 4) is 5.75 Å². The summed E-state index contributed by atoms with van der Waals surface area (Å²) in [6.07, 6.45) is 1.96. The van der Waals surface area contributed by atoms with Crippen LogP contribution in [0, 0.1) is 0 Å². The molecular formula is C13H15NO2. The fourth-order valence-corrected chi connectivity index (χ4v) is 1.85. The summed E-state index contributed by atoms with van der Waals surface area (Å²) in [5.74, 6) is -0.171. The largest absolute Gasteiger partial charge is 0.503 e. The zero-order valence-corrected chi connectivity index (χ0v) is 9.31. The molecule has 0 aliphatic rings. The maximum atomic E-state index is 11.8. The number of aromatic hydroxyl groups is 1. The number of nitrogens with zero attached hydrogens (tertiary/aromatic N) is 1. The van der Waals surface area contributed by atoms with Gasteiger partial charge in [0, 0.05) is 11.9 Å². The first-order valence-corrected chi connectivity index (χ1v) is 5.55. The quantitative estimate of drug-likeness (QED) is 0.858. The van der Waals surface area contributed by atoms with Crippen molar-refractivity contribution in [1.82, 2.24) is 4.57 Å². The van der Waals surface area contributed by atoms with E-state index in [-0.39, 0.29) is 11.3 Å². The highest BCUT2D eigenvalue weighted by Crippen LogP contribution is 2.16. The molecule has 0 radical (unpaired) electrons. The molecule has 0 aliphatic heterocycles. The van der Waals surface area contributed by atoms with E-state index in [2.05, 4.69) is 6.92 Å². The molecule has 0 unspecified atom stereocenters. The van der Waals surface area contributed by atoms with E-state index in [0.29, 0.717) is 6.54 Å². The summed E-state index contributed by atoms with van der Waals surface area (Å²) in [6.45, 7) is 2.74. The molecule has 1 N–H and O–H groups in total. The highest BCUT2D eigenvalue weighted by atomic mass is 16.3. The van der Waals surface area contributed by atoms with Crippen LogP contribution in [-0.4, -0.2) is 9.67 Å². The van der Waals surface area contributed by atoms with Crippen LogP contribution in [0.25, 0.3) is 10.9 Å². The molecule has 0 saturated heterocycles. The fraction of sp³-hybridized carbons (Fsp3) is 0.308. The minimum atomic E-state index is -0.299. The minimum absolute atomic E-state index is 0.171. The van der Waals surface area contributed by atoms with Gasteiger partial charge in [-0.15, -0.1) is 0 Å². The topological polar surface area (TPSA) is 42.2 Å². The molecule has 3 nitrogen and oxygen atoms in total. The monoisotopic (exact) mass is 217 g/mol. The van der Waals surface area contributed by atoms with E-state index in [0.717, 1.165) is 23.7 Å². The molecule has 1 aromatic heterocycles. The Balaban J connectivity index is 2.66. The predicted molar refractivity (Wildman–Crippen MR) is 64.8 cm³/mol. The second-order valence-electron chi connectivity index (χ2n) is 3.90. The normalized spacial score (nSPS) is 10.8. The van der Waals surface area contributed by atoms with Crippen LogP contribution in [0.3, 0.4) is 0 Å². The summed E-state index contributed by atoms with van der Waals surface area (Å²) in [5.41, 5.74) is 0.589. The lowest BCUT2D eigenvalue weighted by Crippen LogP contribution is -2.19. The number of hydrogen-bond donors (Lipinski definition) is 1. The Bertz CT molecular complexity index is 557. The number of aromatic nitrogens is 1. The van der Waals surface area contributed by atoms with Gasteiger partial charge in [-0.3, -0.25) is 4.79 Å². The van der Waals surface area contributed by atoms with Gasteiger partial charge in [-0.25, -0.2) is 0 Å². The number of unbranched alkanes of at least 4 members (excludes halogenated alkanes) is 1. The van der Waals surface area contributed by atoms with Gasteiger partial charge in [0.1, 0.15) is 0 Å². The lowest BCUT2D eigenvalue weighted by Gasteiger charge is -2.10. The maximum absolute atomic E-state index is 11.8. The Morgan fingerprint density at radius 1 is 1.31 bits per heavy atom. The third-order valence-corrected chi connectivity index (χ3v) is 2.72. The Hall–Kier alpha value is -1.77. The second-order valence-corrected chi connectivity index (χ2v) is 3.90. The Labute approximate surface area is 94.0 Å². The first kappa shape index (κ1) is 10.7. The van der Waals surface area contributed by atoms with Crippen molar-refractivity contribution in [3.63, 3.8) is 0 Å². The van der Waals surface area contributed by atoms with Gasteiger partial charge < -0.3 is 9.67 Å². The maximum Gasteiger partial charge on any atom is 0.293 e. The molecule has 0 aliphatic carbocycles. The van der Waals surface area contributed by atoms with Crippen LogP contribution in [0.15, 0.2) is 35.1 Å². The predicted octanol–water partition coefficient (Wildman–Crippen LogP) is 2.51. The number of pyridine rings is 1. The number of fused-ring (bicyclic) bond motifs is 1. The summed E-state index contributed by atoms with van der Waals surface area (Å²) in [7, 11) is 0. The first-order chi connectivity index (χ1) is 7.74. The van der Waals surface area contributed by atoms with Gasteiger partial charge in [0.25, 0.3) is 5.56 Å². The molecule has 3 heteroatoms. The number of rotatable bonds is 3. The summed E-state index contributed by atoms with van der Waals surface area (Å²) < 4.78 is 1.65. The summed E-state index contributed by atoms with van der Waals surface area (Å²) >= 11 is 0. The molecule has 1 heterocycles. The third-order valence-electron chi connectivity index (χ3n) is 2.72. The number of aryl methyl sites for hydroxylation is 1. The van der Waals surface area contributed by atoms with E-state index in [4.69, 9.17) is 0 Å². The average Bonchev–Trinajstić information content (AvgIpc) is 2.30. The summed E-state index contributed by atoms with van der Waals surface area (Å²) in [6, 6.07) is 9.14. The number of para-hydroxylation sites is 1. The van der Waals surface area contributed by atoms with Crippen molar-refractivity contribution in [1.29, 1.82) is 0 Å². The third kappa shape index (κ3) is 1.81. The molecule has 0 saturated carbocycles. The molecule has 0 spiro atoms. The standard InChI is InChI=1S/C13H15NO2/c1-2-3-8-14-11-7-5-4-6-10(11)9-12(15)13(14)16/h4-7,9,15H,2-3,8H2,1H3. The molecule has 2 aromatic rings. The lowest BCUT2D eigenvalue weighted by molar-refractivity contribution is 0.458. The second kappa shape index (κ2) is 4.39. The van der Waals surface area contributed by atoms with E-state index < -0.39 is 0 Å². The smallest absolute Gasteiger partial charge is 0.293 e. The van der Waals surface area contributed by atoms with Crippen LogP contribution in [0.2, 0.25) is 0 Å². The molecular weight excluding hydrogens is 202 g/mol. The summed E-state index contributed by atoms with van der Waals surface area (Å²) in [4.78, 5) is 11.8. The molecule has 16 heavy (non-hydrogen) atoms. The van der Waals surface area contributed by atoms with Gasteiger partial charge in [-0.1, -0.05) is 31.5 Å². The van der Waals surface area contributed by atoms with E-state index in [9.17, 15) is 9.90 Å². The van der Waals surface area contributed by atoms with Crippen LogP contribution in [0.1, 0.15) is 19.8 Å². The van der Waals surface area contributed by atoms with Gasteiger partial charge in [-0.05, 0) is 18.6 Å². The summed E-state index contributed by atoms with van der Waals surface area (Å²) in [5, 5.41) is 10.5. The highest BCUT2D eigenvalue weighted by molar-refractivity contribution is 5.80. The molecule has 0 amide bonds. The van der Waals surface area contributed by atoms with E-state index in [1.165, 1.54) is 6.07 Å². The Morgan fingerprint density at radius 3 is 2.81 bits per heavy atom.